The third kappa shape index (κ3) is 4.45. The monoisotopic (exact) mass is 413 g/mol. The van der Waals surface area contributed by atoms with Crippen LogP contribution < -0.4 is 16.0 Å². The Bertz CT molecular complexity index is 1240. The predicted molar refractivity (Wildman–Crippen MR) is 121 cm³/mol. The molecular formula is C24H23N5O2. The van der Waals surface area contributed by atoms with E-state index in [1.165, 1.54) is 10.7 Å². The molecule has 7 heteroatoms. The number of benzene rings is 2. The van der Waals surface area contributed by atoms with Gasteiger partial charge in [-0.3, -0.25) is 4.79 Å². The van der Waals surface area contributed by atoms with Gasteiger partial charge in [0.05, 0.1) is 23.0 Å². The molecule has 7 nitrogen and oxygen atoms in total. The molecule has 0 unspecified atom stereocenters. The van der Waals surface area contributed by atoms with E-state index >= 15 is 0 Å². The number of nitrogens with zero attached hydrogens (tertiary/aromatic N) is 4. The molecule has 2 aromatic heterocycles. The fourth-order valence-electron chi connectivity index (χ4n) is 3.25. The largest absolute Gasteiger partial charge is 0.472 e. The van der Waals surface area contributed by atoms with Crippen molar-refractivity contribution in [2.24, 2.45) is 0 Å². The first kappa shape index (κ1) is 20.3. The van der Waals surface area contributed by atoms with Gasteiger partial charge < -0.3 is 10.5 Å². The molecule has 0 saturated heterocycles. The Morgan fingerprint density at radius 3 is 2.29 bits per heavy atom. The number of rotatable bonds is 6. The van der Waals surface area contributed by atoms with Crippen LogP contribution in [-0.2, 0) is 6.61 Å². The Kier molecular flexibility index (Phi) is 5.75. The summed E-state index contributed by atoms with van der Waals surface area (Å²) in [6, 6.07) is 22.5. The molecule has 0 spiro atoms. The lowest BCUT2D eigenvalue weighted by Crippen LogP contribution is -2.24. The second-order valence-electron chi connectivity index (χ2n) is 7.35. The van der Waals surface area contributed by atoms with Crippen LogP contribution in [0.5, 0.6) is 5.88 Å². The molecule has 0 saturated carbocycles. The van der Waals surface area contributed by atoms with Gasteiger partial charge in [-0.1, -0.05) is 60.7 Å². The molecule has 31 heavy (non-hydrogen) atoms. The minimum absolute atomic E-state index is 0.0999. The molecule has 0 aliphatic heterocycles. The molecule has 0 amide bonds. The summed E-state index contributed by atoms with van der Waals surface area (Å²) in [4.78, 5) is 21.1. The number of anilines is 1. The van der Waals surface area contributed by atoms with Crippen molar-refractivity contribution in [3.63, 3.8) is 0 Å². The van der Waals surface area contributed by atoms with Gasteiger partial charge in [0.15, 0.2) is 0 Å². The summed E-state index contributed by atoms with van der Waals surface area (Å²) in [7, 11) is 0. The number of ether oxygens (including phenoxy) is 1. The molecule has 2 N–H and O–H groups in total. The van der Waals surface area contributed by atoms with Gasteiger partial charge in [-0.15, -0.1) is 0 Å². The number of nitrogens with two attached hydrogens (primary N) is 1. The SMILES string of the molecule is CC(C)n1nc(-c2c(OCc3ccccc3)nc(N)nc2-c2ccccc2)ccc1=O. The Morgan fingerprint density at radius 1 is 0.935 bits per heavy atom. The van der Waals surface area contributed by atoms with Gasteiger partial charge in [0.2, 0.25) is 11.8 Å². The predicted octanol–water partition coefficient (Wildman–Crippen LogP) is 4.11. The van der Waals surface area contributed by atoms with Crippen molar-refractivity contribution in [1.29, 1.82) is 0 Å². The summed E-state index contributed by atoms with van der Waals surface area (Å²) < 4.78 is 7.52. The molecule has 2 heterocycles. The van der Waals surface area contributed by atoms with Crippen molar-refractivity contribution in [3.8, 4) is 28.4 Å². The van der Waals surface area contributed by atoms with Crippen molar-refractivity contribution in [2.45, 2.75) is 26.5 Å². The van der Waals surface area contributed by atoms with Crippen LogP contribution in [0, 0.1) is 0 Å². The van der Waals surface area contributed by atoms with Crippen LogP contribution >= 0.6 is 0 Å². The highest BCUT2D eigenvalue weighted by Gasteiger charge is 2.21. The van der Waals surface area contributed by atoms with Gasteiger partial charge in [-0.05, 0) is 25.5 Å². The Balaban J connectivity index is 1.89. The maximum atomic E-state index is 12.3. The molecule has 4 rings (SSSR count). The first-order valence-electron chi connectivity index (χ1n) is 10.0. The van der Waals surface area contributed by atoms with E-state index in [-0.39, 0.29) is 17.5 Å². The smallest absolute Gasteiger partial charge is 0.267 e. The lowest BCUT2D eigenvalue weighted by atomic mass is 10.0. The van der Waals surface area contributed by atoms with Crippen LogP contribution in [0.2, 0.25) is 0 Å². The summed E-state index contributed by atoms with van der Waals surface area (Å²) in [5, 5.41) is 4.58. The van der Waals surface area contributed by atoms with Gasteiger partial charge in [0, 0.05) is 11.6 Å². The summed E-state index contributed by atoms with van der Waals surface area (Å²) in [5.41, 5.74) is 9.42. The highest BCUT2D eigenvalue weighted by Crippen LogP contribution is 2.36. The van der Waals surface area contributed by atoms with Gasteiger partial charge in [-0.25, -0.2) is 9.67 Å². The van der Waals surface area contributed by atoms with E-state index < -0.39 is 0 Å². The fourth-order valence-corrected chi connectivity index (χ4v) is 3.25. The van der Waals surface area contributed by atoms with Crippen LogP contribution in [0.4, 0.5) is 5.95 Å². The summed E-state index contributed by atoms with van der Waals surface area (Å²) in [6.07, 6.45) is 0. The van der Waals surface area contributed by atoms with Crippen LogP contribution in [0.25, 0.3) is 22.5 Å². The Morgan fingerprint density at radius 2 is 1.61 bits per heavy atom. The maximum absolute atomic E-state index is 12.3. The fraction of sp³-hybridized carbons (Fsp3) is 0.167. The third-order valence-electron chi connectivity index (χ3n) is 4.73. The van der Waals surface area contributed by atoms with Crippen molar-refractivity contribution >= 4 is 5.95 Å². The molecule has 4 aromatic rings. The van der Waals surface area contributed by atoms with E-state index in [9.17, 15) is 4.79 Å². The lowest BCUT2D eigenvalue weighted by molar-refractivity contribution is 0.295. The van der Waals surface area contributed by atoms with Crippen molar-refractivity contribution in [2.75, 3.05) is 5.73 Å². The third-order valence-corrected chi connectivity index (χ3v) is 4.73. The standard InChI is InChI=1S/C24H23N5O2/c1-16(2)29-20(30)14-13-19(28-29)21-22(18-11-7-4-8-12-18)26-24(25)27-23(21)31-15-17-9-5-3-6-10-17/h3-14,16H,15H2,1-2H3,(H2,25,26,27). The first-order valence-corrected chi connectivity index (χ1v) is 10.0. The van der Waals surface area contributed by atoms with E-state index in [4.69, 9.17) is 10.5 Å². The van der Waals surface area contributed by atoms with Crippen molar-refractivity contribution in [1.82, 2.24) is 19.7 Å². The number of hydrogen-bond donors (Lipinski definition) is 1. The van der Waals surface area contributed by atoms with Gasteiger partial charge >= 0.3 is 0 Å². The second kappa shape index (κ2) is 8.79. The molecule has 2 aromatic carbocycles. The zero-order valence-electron chi connectivity index (χ0n) is 17.4. The van der Waals surface area contributed by atoms with Gasteiger partial charge in [0.1, 0.15) is 6.61 Å². The van der Waals surface area contributed by atoms with E-state index in [2.05, 4.69) is 15.1 Å². The van der Waals surface area contributed by atoms with Crippen molar-refractivity contribution < 1.29 is 4.74 Å². The van der Waals surface area contributed by atoms with E-state index in [0.29, 0.717) is 29.4 Å². The summed E-state index contributed by atoms with van der Waals surface area (Å²) >= 11 is 0. The minimum atomic E-state index is -0.178. The van der Waals surface area contributed by atoms with E-state index in [0.717, 1.165) is 11.1 Å². The minimum Gasteiger partial charge on any atom is -0.472 e. The van der Waals surface area contributed by atoms with Crippen molar-refractivity contribution in [3.05, 3.63) is 88.7 Å². The maximum Gasteiger partial charge on any atom is 0.267 e. The topological polar surface area (TPSA) is 95.9 Å². The first-order chi connectivity index (χ1) is 15.0. The average Bonchev–Trinajstić information content (AvgIpc) is 2.79. The Labute approximate surface area is 180 Å². The molecular weight excluding hydrogens is 390 g/mol. The normalized spacial score (nSPS) is 10.9. The van der Waals surface area contributed by atoms with Gasteiger partial charge in [0.25, 0.3) is 5.56 Å². The van der Waals surface area contributed by atoms with Gasteiger partial charge in [-0.2, -0.15) is 10.1 Å². The summed E-state index contributed by atoms with van der Waals surface area (Å²) in [6.45, 7) is 4.12. The zero-order chi connectivity index (χ0) is 21.8. The molecule has 0 atom stereocenters. The highest BCUT2D eigenvalue weighted by atomic mass is 16.5. The molecule has 0 fully saturated rings. The molecule has 0 aliphatic carbocycles. The van der Waals surface area contributed by atoms with Crippen LogP contribution in [0.3, 0.4) is 0 Å². The quantitative estimate of drug-likeness (QED) is 0.511. The number of aromatic nitrogens is 4. The second-order valence-corrected chi connectivity index (χ2v) is 7.35. The molecule has 0 aliphatic rings. The van der Waals surface area contributed by atoms with Crippen LogP contribution in [-0.4, -0.2) is 19.7 Å². The van der Waals surface area contributed by atoms with E-state index in [1.54, 1.807) is 6.07 Å². The lowest BCUT2D eigenvalue weighted by Gasteiger charge is -2.16. The molecule has 0 radical (unpaired) electrons. The number of hydrogen-bond acceptors (Lipinski definition) is 6. The van der Waals surface area contributed by atoms with E-state index in [1.807, 2.05) is 74.5 Å². The average molecular weight is 413 g/mol. The highest BCUT2D eigenvalue weighted by molar-refractivity contribution is 5.83. The summed E-state index contributed by atoms with van der Waals surface area (Å²) in [5.74, 6) is 0.416. The van der Waals surface area contributed by atoms with Crippen LogP contribution in [0.1, 0.15) is 25.5 Å². The molecule has 156 valence electrons. The van der Waals surface area contributed by atoms with Crippen LogP contribution in [0.15, 0.2) is 77.6 Å². The Hall–Kier alpha value is -4.00. The number of nitrogen functional groups attached to an aromatic ring is 1. The zero-order valence-corrected chi connectivity index (χ0v) is 17.4. The molecule has 0 bridgehead atoms.